The summed E-state index contributed by atoms with van der Waals surface area (Å²) >= 11 is 8.07. The van der Waals surface area contributed by atoms with Gasteiger partial charge in [-0.25, -0.2) is 0 Å². The summed E-state index contributed by atoms with van der Waals surface area (Å²) in [6, 6.07) is 9.98. The Hall–Kier alpha value is -1.34. The number of aryl methyl sites for hydroxylation is 4. The van der Waals surface area contributed by atoms with E-state index in [4.69, 9.17) is 0 Å². The lowest BCUT2D eigenvalue weighted by Crippen LogP contribution is -2.58. The van der Waals surface area contributed by atoms with E-state index in [0.717, 1.165) is 25.7 Å². The lowest BCUT2D eigenvalue weighted by atomic mass is 9.46. The van der Waals surface area contributed by atoms with Gasteiger partial charge in [-0.15, -0.1) is 45.3 Å². The van der Waals surface area contributed by atoms with E-state index >= 15 is 0 Å². The average Bonchev–Trinajstić information content (AvgIpc) is 3.54. The molecule has 2 aliphatic rings. The largest absolute Gasteiger partial charge is 0.374 e. The van der Waals surface area contributed by atoms with Crippen molar-refractivity contribution in [2.75, 3.05) is 4.81 Å². The summed E-state index contributed by atoms with van der Waals surface area (Å²) in [6.45, 7) is 9.47. The second kappa shape index (κ2) is 7.09. The fourth-order valence-electron chi connectivity index (χ4n) is 4.77. The second-order valence-electron chi connectivity index (χ2n) is 8.04. The monoisotopic (exact) mass is 465 g/mol. The van der Waals surface area contributed by atoms with Crippen LogP contribution in [0.1, 0.15) is 47.2 Å². The number of nitrogens with zero attached hydrogens (tertiary/aromatic N) is 1. The maximum Gasteiger partial charge on any atom is 0.331 e. The Kier molecular flexibility index (Phi) is 4.58. The maximum absolute atomic E-state index is 2.69. The van der Waals surface area contributed by atoms with Crippen molar-refractivity contribution >= 4 is 74.5 Å². The van der Waals surface area contributed by atoms with Crippen molar-refractivity contribution < 1.29 is 0 Å². The summed E-state index contributed by atoms with van der Waals surface area (Å²) < 4.78 is 0. The number of rotatable bonds is 4. The molecule has 0 aliphatic carbocycles. The first-order chi connectivity index (χ1) is 14.7. The Morgan fingerprint density at radius 2 is 0.933 bits per heavy atom. The summed E-state index contributed by atoms with van der Waals surface area (Å²) in [4.78, 5) is 14.7. The third-order valence-corrected chi connectivity index (χ3v) is 11.8. The van der Waals surface area contributed by atoms with Crippen LogP contribution in [-0.2, 0) is 25.7 Å². The Balaban J connectivity index is 1.69. The summed E-state index contributed by atoms with van der Waals surface area (Å²) in [5, 5.41) is 0. The van der Waals surface area contributed by atoms with Gasteiger partial charge >= 0.3 is 6.85 Å². The summed E-state index contributed by atoms with van der Waals surface area (Å²) in [5.74, 6) is 0. The van der Waals surface area contributed by atoms with Gasteiger partial charge in [0, 0.05) is 40.6 Å². The van der Waals surface area contributed by atoms with Gasteiger partial charge in [0.1, 0.15) is 0 Å². The Morgan fingerprint density at radius 3 is 1.33 bits per heavy atom. The van der Waals surface area contributed by atoms with Crippen LogP contribution < -0.4 is 15.7 Å². The van der Waals surface area contributed by atoms with Gasteiger partial charge in [0.15, 0.2) is 0 Å². The highest BCUT2D eigenvalue weighted by atomic mass is 32.1. The molecule has 1 nitrogen and oxygen atoms in total. The molecule has 0 spiro atoms. The van der Waals surface area contributed by atoms with Crippen LogP contribution in [0.2, 0.25) is 0 Å². The zero-order valence-corrected chi connectivity index (χ0v) is 21.1. The maximum atomic E-state index is 2.69. The summed E-state index contributed by atoms with van der Waals surface area (Å²) in [6.07, 6.45) is 4.45. The first-order valence-corrected chi connectivity index (χ1v) is 14.2. The van der Waals surface area contributed by atoms with Gasteiger partial charge in [0.05, 0.1) is 9.75 Å². The first kappa shape index (κ1) is 19.4. The molecule has 0 saturated heterocycles. The number of fused-ring (bicyclic) bond motifs is 11. The van der Waals surface area contributed by atoms with Gasteiger partial charge in [0.25, 0.3) is 0 Å². The van der Waals surface area contributed by atoms with Crippen LogP contribution in [0.3, 0.4) is 0 Å². The minimum absolute atomic E-state index is 0.321. The number of thiophene rings is 4. The fourth-order valence-corrected chi connectivity index (χ4v) is 9.53. The number of anilines is 2. The molecule has 152 valence electrons. The highest BCUT2D eigenvalue weighted by molar-refractivity contribution is 7.27. The van der Waals surface area contributed by atoms with Gasteiger partial charge in [-0.3, -0.25) is 0 Å². The summed E-state index contributed by atoms with van der Waals surface area (Å²) in [5.41, 5.74) is 5.95. The van der Waals surface area contributed by atoms with E-state index < -0.39 is 0 Å². The molecule has 0 bridgehead atoms. The van der Waals surface area contributed by atoms with Crippen molar-refractivity contribution in [1.82, 2.24) is 0 Å². The van der Waals surface area contributed by atoms with Gasteiger partial charge in [-0.1, -0.05) is 39.8 Å². The Labute approximate surface area is 195 Å². The fraction of sp³-hybridized carbons (Fsp3) is 0.333. The Morgan fingerprint density at radius 1 is 0.567 bits per heavy atom. The molecule has 0 atom stereocenters. The van der Waals surface area contributed by atoms with Crippen LogP contribution in [0, 0.1) is 0 Å². The Bertz CT molecular complexity index is 1080. The molecule has 0 unspecified atom stereocenters. The molecular weight excluding hydrogens is 441 g/mol. The molecule has 6 heterocycles. The molecule has 4 aromatic rings. The van der Waals surface area contributed by atoms with Crippen molar-refractivity contribution in [1.29, 1.82) is 0 Å². The minimum Gasteiger partial charge on any atom is -0.374 e. The number of hydrogen-bond donors (Lipinski definition) is 0. The first-order valence-electron chi connectivity index (χ1n) is 11.0. The van der Waals surface area contributed by atoms with Crippen molar-refractivity contribution in [3.63, 3.8) is 0 Å². The van der Waals surface area contributed by atoms with Crippen LogP contribution in [0.5, 0.6) is 0 Å². The molecular formula is C24H24BNS4. The minimum atomic E-state index is 0.321. The quantitative estimate of drug-likeness (QED) is 0.291. The highest BCUT2D eigenvalue weighted by Crippen LogP contribution is 2.54. The van der Waals surface area contributed by atoms with Gasteiger partial charge < -0.3 is 4.81 Å². The van der Waals surface area contributed by atoms with E-state index in [1.165, 1.54) is 61.3 Å². The standard InChI is InChI=1S/C24H24BNS4/c1-5-13-9-17-21(27-13)23-19(11-15(7-3)29-23)26-20-12-16(8-4)30-24(20)22-18(25(17)26)10-14(6-2)28-22/h9-12H,5-8H2,1-4H3. The van der Waals surface area contributed by atoms with Gasteiger partial charge in [0.2, 0.25) is 0 Å². The van der Waals surface area contributed by atoms with Crippen molar-refractivity contribution in [2.45, 2.75) is 53.4 Å². The summed E-state index contributed by atoms with van der Waals surface area (Å²) in [7, 11) is 0. The molecule has 0 saturated carbocycles. The van der Waals surface area contributed by atoms with Gasteiger partial charge in [-0.05, 0) is 48.7 Å². The molecule has 0 aromatic carbocycles. The lowest BCUT2D eigenvalue weighted by molar-refractivity contribution is 1.18. The zero-order chi connectivity index (χ0) is 20.6. The van der Waals surface area contributed by atoms with Crippen molar-refractivity contribution in [3.05, 3.63) is 43.8 Å². The number of hydrogen-bond acceptors (Lipinski definition) is 5. The predicted molar refractivity (Wildman–Crippen MR) is 140 cm³/mol. The zero-order valence-electron chi connectivity index (χ0n) is 17.8. The SMILES string of the molecule is CCc1cc2c(s1)-c1sc(CC)cc1N1B2c2cc(CC)sc2-c2sc(CC)cc21. The third-order valence-electron chi connectivity index (χ3n) is 6.32. The van der Waals surface area contributed by atoms with E-state index in [9.17, 15) is 0 Å². The van der Waals surface area contributed by atoms with E-state index in [-0.39, 0.29) is 0 Å². The smallest absolute Gasteiger partial charge is 0.331 e. The molecule has 0 radical (unpaired) electrons. The normalized spacial score (nSPS) is 13.7. The molecule has 4 aromatic heterocycles. The molecule has 6 rings (SSSR count). The van der Waals surface area contributed by atoms with Crippen LogP contribution in [-0.4, -0.2) is 6.85 Å². The third kappa shape index (κ3) is 2.57. The van der Waals surface area contributed by atoms with Crippen LogP contribution in [0.25, 0.3) is 19.5 Å². The van der Waals surface area contributed by atoms with Crippen LogP contribution in [0.15, 0.2) is 24.3 Å². The average molecular weight is 466 g/mol. The highest BCUT2D eigenvalue weighted by Gasteiger charge is 2.45. The van der Waals surface area contributed by atoms with Crippen LogP contribution in [0.4, 0.5) is 11.4 Å². The van der Waals surface area contributed by atoms with Crippen LogP contribution >= 0.6 is 45.3 Å². The molecule has 2 aliphatic heterocycles. The van der Waals surface area contributed by atoms with E-state index in [0.29, 0.717) is 6.85 Å². The molecule has 6 heteroatoms. The lowest BCUT2D eigenvalue weighted by Gasteiger charge is -2.38. The second-order valence-corrected chi connectivity index (χ2v) is 12.6. The van der Waals surface area contributed by atoms with E-state index in [1.54, 1.807) is 0 Å². The van der Waals surface area contributed by atoms with Crippen molar-refractivity contribution in [3.8, 4) is 19.5 Å². The topological polar surface area (TPSA) is 3.24 Å². The van der Waals surface area contributed by atoms with E-state index in [2.05, 4.69) is 56.8 Å². The molecule has 0 amide bonds. The van der Waals surface area contributed by atoms with Crippen molar-refractivity contribution in [2.24, 2.45) is 0 Å². The van der Waals surface area contributed by atoms with E-state index in [1.807, 2.05) is 45.3 Å². The molecule has 0 N–H and O–H groups in total. The molecule has 30 heavy (non-hydrogen) atoms. The molecule has 0 fully saturated rings. The van der Waals surface area contributed by atoms with Gasteiger partial charge in [-0.2, -0.15) is 0 Å². The predicted octanol–water partition coefficient (Wildman–Crippen LogP) is 7.09.